The molecule has 70 valence electrons. The van der Waals surface area contributed by atoms with Crippen molar-refractivity contribution in [2.75, 3.05) is 0 Å². The molecule has 1 aromatic heterocycles. The highest BCUT2D eigenvalue weighted by Crippen LogP contribution is 2.23. The van der Waals surface area contributed by atoms with Crippen molar-refractivity contribution in [1.82, 2.24) is 4.98 Å². The van der Waals surface area contributed by atoms with Crippen LogP contribution in [-0.2, 0) is 0 Å². The van der Waals surface area contributed by atoms with E-state index >= 15 is 0 Å². The molecule has 0 atom stereocenters. The second-order valence-electron chi connectivity index (χ2n) is 2.78. The highest BCUT2D eigenvalue weighted by atomic mass is 35.5. The van der Waals surface area contributed by atoms with Gasteiger partial charge in [0.1, 0.15) is 5.69 Å². The van der Waals surface area contributed by atoms with Crippen LogP contribution in [-0.4, -0.2) is 11.3 Å². The molecule has 0 fully saturated rings. The monoisotopic (exact) mass is 209 g/mol. The summed E-state index contributed by atoms with van der Waals surface area (Å²) >= 11 is 5.59. The molecule has 0 saturated carbocycles. The first kappa shape index (κ1) is 9.09. The molecule has 0 bridgehead atoms. The Balaban J connectivity index is 2.81. The highest BCUT2D eigenvalue weighted by molar-refractivity contribution is 6.31. The predicted octanol–water partition coefficient (Wildman–Crippen LogP) is 2.84. The van der Waals surface area contributed by atoms with Crippen LogP contribution >= 0.6 is 11.6 Å². The van der Waals surface area contributed by atoms with E-state index in [-0.39, 0.29) is 10.7 Å². The minimum atomic E-state index is -0.505. The summed E-state index contributed by atoms with van der Waals surface area (Å²) in [4.78, 5) is 14.3. The van der Waals surface area contributed by atoms with Crippen LogP contribution in [0.1, 0.15) is 10.5 Å². The van der Waals surface area contributed by atoms with E-state index in [0.29, 0.717) is 17.2 Å². The number of benzene rings is 1. The molecule has 4 heteroatoms. The van der Waals surface area contributed by atoms with Crippen molar-refractivity contribution < 1.29 is 9.18 Å². The summed E-state index contributed by atoms with van der Waals surface area (Å²) in [5, 5.41) is 0.376. The molecule has 0 aliphatic rings. The van der Waals surface area contributed by atoms with Crippen molar-refractivity contribution in [2.45, 2.75) is 0 Å². The lowest BCUT2D eigenvalue weighted by Crippen LogP contribution is -1.89. The van der Waals surface area contributed by atoms with Crippen LogP contribution in [0.15, 0.2) is 24.3 Å². The van der Waals surface area contributed by atoms with E-state index in [1.54, 1.807) is 6.07 Å². The topological polar surface area (TPSA) is 30.0 Å². The number of carbonyl (C=O) groups is 1. The average Bonchev–Trinajstić information content (AvgIpc) is 2.23. The molecule has 0 aliphatic heterocycles. The van der Waals surface area contributed by atoms with Crippen molar-refractivity contribution in [3.63, 3.8) is 0 Å². The van der Waals surface area contributed by atoms with Gasteiger partial charge in [0.05, 0.1) is 10.5 Å². The third-order valence-corrected chi connectivity index (χ3v) is 2.19. The van der Waals surface area contributed by atoms with Gasteiger partial charge in [0.15, 0.2) is 12.1 Å². The van der Waals surface area contributed by atoms with Crippen molar-refractivity contribution >= 4 is 28.8 Å². The second-order valence-corrected chi connectivity index (χ2v) is 3.19. The van der Waals surface area contributed by atoms with Gasteiger partial charge in [0, 0.05) is 5.39 Å². The third-order valence-electron chi connectivity index (χ3n) is 1.90. The minimum absolute atomic E-state index is 0.0538. The number of aromatic nitrogens is 1. The van der Waals surface area contributed by atoms with Gasteiger partial charge in [-0.3, -0.25) is 4.79 Å². The molecule has 2 rings (SSSR count). The van der Waals surface area contributed by atoms with E-state index in [0.717, 1.165) is 0 Å². The molecule has 0 unspecified atom stereocenters. The fraction of sp³-hybridized carbons (Fsp3) is 0. The maximum Gasteiger partial charge on any atom is 0.168 e. The molecular formula is C10H5ClFNO. The lowest BCUT2D eigenvalue weighted by Gasteiger charge is -2.00. The maximum atomic E-state index is 13.4. The van der Waals surface area contributed by atoms with Gasteiger partial charge in [-0.15, -0.1) is 0 Å². The number of halogens is 2. The molecule has 0 aliphatic carbocycles. The quantitative estimate of drug-likeness (QED) is 0.676. The van der Waals surface area contributed by atoms with E-state index in [2.05, 4.69) is 4.98 Å². The van der Waals surface area contributed by atoms with Crippen molar-refractivity contribution in [2.24, 2.45) is 0 Å². The Morgan fingerprint density at radius 1 is 1.29 bits per heavy atom. The summed E-state index contributed by atoms with van der Waals surface area (Å²) in [5.74, 6) is -0.505. The first-order valence-electron chi connectivity index (χ1n) is 3.92. The Labute approximate surface area is 84.3 Å². The van der Waals surface area contributed by atoms with Gasteiger partial charge >= 0.3 is 0 Å². The standard InChI is InChI=1S/C10H5ClFNO/c11-8-3-4-9-7(10(8)12)2-1-6(5-14)13-9/h1-5H. The molecule has 0 saturated heterocycles. The zero-order valence-corrected chi connectivity index (χ0v) is 7.75. The summed E-state index contributed by atoms with van der Waals surface area (Å²) in [6.45, 7) is 0. The molecule has 1 aromatic carbocycles. The maximum absolute atomic E-state index is 13.4. The number of fused-ring (bicyclic) bond motifs is 1. The van der Waals surface area contributed by atoms with Gasteiger partial charge in [-0.05, 0) is 24.3 Å². The molecule has 2 nitrogen and oxygen atoms in total. The first-order chi connectivity index (χ1) is 6.72. The van der Waals surface area contributed by atoms with E-state index in [1.807, 2.05) is 0 Å². The predicted molar refractivity (Wildman–Crippen MR) is 52.1 cm³/mol. The third kappa shape index (κ3) is 1.36. The minimum Gasteiger partial charge on any atom is -0.296 e. The van der Waals surface area contributed by atoms with Gasteiger partial charge in [0.2, 0.25) is 0 Å². The van der Waals surface area contributed by atoms with E-state index < -0.39 is 5.82 Å². The van der Waals surface area contributed by atoms with Crippen LogP contribution in [0.5, 0.6) is 0 Å². The van der Waals surface area contributed by atoms with Gasteiger partial charge in [-0.1, -0.05) is 11.6 Å². The molecule has 0 amide bonds. The number of rotatable bonds is 1. The summed E-state index contributed by atoms with van der Waals surface area (Å²) in [5.41, 5.74) is 0.704. The Morgan fingerprint density at radius 3 is 2.79 bits per heavy atom. The smallest absolute Gasteiger partial charge is 0.168 e. The molecule has 0 N–H and O–H groups in total. The number of nitrogens with zero attached hydrogens (tertiary/aromatic N) is 1. The lowest BCUT2D eigenvalue weighted by molar-refractivity contribution is 0.111. The highest BCUT2D eigenvalue weighted by Gasteiger charge is 2.06. The summed E-state index contributed by atoms with van der Waals surface area (Å²) in [6, 6.07) is 5.94. The normalized spacial score (nSPS) is 10.4. The van der Waals surface area contributed by atoms with Crippen molar-refractivity contribution in [3.8, 4) is 0 Å². The lowest BCUT2D eigenvalue weighted by atomic mass is 10.2. The number of hydrogen-bond acceptors (Lipinski definition) is 2. The number of carbonyl (C=O) groups excluding carboxylic acids is 1. The van der Waals surface area contributed by atoms with Gasteiger partial charge < -0.3 is 0 Å². The summed E-state index contributed by atoms with van der Waals surface area (Å²) in [6.07, 6.45) is 0.617. The summed E-state index contributed by atoms with van der Waals surface area (Å²) < 4.78 is 13.4. The SMILES string of the molecule is O=Cc1ccc2c(F)c(Cl)ccc2n1. The first-order valence-corrected chi connectivity index (χ1v) is 4.30. The van der Waals surface area contributed by atoms with E-state index in [4.69, 9.17) is 11.6 Å². The molecule has 0 spiro atoms. The van der Waals surface area contributed by atoms with Crippen LogP contribution in [0, 0.1) is 5.82 Å². The zero-order valence-electron chi connectivity index (χ0n) is 7.00. The molecule has 2 aromatic rings. The zero-order chi connectivity index (χ0) is 10.1. The van der Waals surface area contributed by atoms with Gasteiger partial charge in [0.25, 0.3) is 0 Å². The number of aldehydes is 1. The number of pyridine rings is 1. The van der Waals surface area contributed by atoms with E-state index in [9.17, 15) is 9.18 Å². The fourth-order valence-electron chi connectivity index (χ4n) is 1.22. The molecular weight excluding hydrogens is 205 g/mol. The second kappa shape index (κ2) is 3.35. The van der Waals surface area contributed by atoms with Crippen LogP contribution in [0.25, 0.3) is 10.9 Å². The molecule has 0 radical (unpaired) electrons. The molecule has 1 heterocycles. The van der Waals surface area contributed by atoms with Crippen LogP contribution in [0.2, 0.25) is 5.02 Å². The van der Waals surface area contributed by atoms with Crippen LogP contribution in [0.3, 0.4) is 0 Å². The average molecular weight is 210 g/mol. The van der Waals surface area contributed by atoms with Crippen molar-refractivity contribution in [3.05, 3.63) is 40.8 Å². The van der Waals surface area contributed by atoms with Crippen LogP contribution in [0.4, 0.5) is 4.39 Å². The Morgan fingerprint density at radius 2 is 2.07 bits per heavy atom. The van der Waals surface area contributed by atoms with E-state index in [1.165, 1.54) is 18.2 Å². The fourth-order valence-corrected chi connectivity index (χ4v) is 1.39. The van der Waals surface area contributed by atoms with Crippen molar-refractivity contribution in [1.29, 1.82) is 0 Å². The Bertz CT molecular complexity index is 513. The van der Waals surface area contributed by atoms with Gasteiger partial charge in [-0.2, -0.15) is 0 Å². The Hall–Kier alpha value is -1.48. The Kier molecular flexibility index (Phi) is 2.17. The summed E-state index contributed by atoms with van der Waals surface area (Å²) in [7, 11) is 0. The number of hydrogen-bond donors (Lipinski definition) is 0. The molecule has 14 heavy (non-hydrogen) atoms. The largest absolute Gasteiger partial charge is 0.296 e. The van der Waals surface area contributed by atoms with Crippen LogP contribution < -0.4 is 0 Å². The van der Waals surface area contributed by atoms with Gasteiger partial charge in [-0.25, -0.2) is 9.37 Å².